The van der Waals surface area contributed by atoms with Crippen molar-refractivity contribution in [3.8, 4) is 5.69 Å². The van der Waals surface area contributed by atoms with Crippen LogP contribution in [-0.2, 0) is 0 Å². The number of hydrogen-bond acceptors (Lipinski definition) is 1. The van der Waals surface area contributed by atoms with Gasteiger partial charge in [0.05, 0.1) is 21.6 Å². The molecular weight excluding hydrogens is 394 g/mol. The fourth-order valence-electron chi connectivity index (χ4n) is 2.26. The van der Waals surface area contributed by atoms with Crippen LogP contribution in [0, 0.1) is 0 Å². The summed E-state index contributed by atoms with van der Waals surface area (Å²) in [5.74, 6) is 0.725. The molecule has 1 aromatic heterocycles. The summed E-state index contributed by atoms with van der Waals surface area (Å²) < 4.78 is 2.89. The number of fused-ring (bicyclic) bond motifs is 1. The summed E-state index contributed by atoms with van der Waals surface area (Å²) in [6.45, 7) is 1.88. The molecule has 1 heterocycles. The smallest absolute Gasteiger partial charge is 0.132 e. The minimum atomic E-state index is -0.264. The zero-order valence-electron chi connectivity index (χ0n) is 10.9. The second-order valence-corrected chi connectivity index (χ2v) is 6.98. The average Bonchev–Trinajstić information content (AvgIpc) is 2.82. The van der Waals surface area contributed by atoms with Crippen molar-refractivity contribution in [3.63, 3.8) is 0 Å². The number of hydrogen-bond donors (Lipinski definition) is 0. The fourth-order valence-corrected chi connectivity index (χ4v) is 3.21. The first-order valence-corrected chi connectivity index (χ1v) is 8.24. The minimum Gasteiger partial charge on any atom is -0.294 e. The molecule has 0 bridgehead atoms. The molecule has 0 saturated carbocycles. The maximum Gasteiger partial charge on any atom is 0.132 e. The first-order valence-electron chi connectivity index (χ1n) is 6.25. The van der Waals surface area contributed by atoms with Gasteiger partial charge < -0.3 is 0 Å². The Morgan fingerprint density at radius 2 is 1.95 bits per heavy atom. The Morgan fingerprint density at radius 1 is 1.19 bits per heavy atom. The highest BCUT2D eigenvalue weighted by Gasteiger charge is 2.19. The molecule has 2 aromatic carbocycles. The summed E-state index contributed by atoms with van der Waals surface area (Å²) in [4.78, 5) is 4.59. The summed E-state index contributed by atoms with van der Waals surface area (Å²) in [5, 5.41) is 0.979. The van der Waals surface area contributed by atoms with Gasteiger partial charge in [-0.05, 0) is 53.2 Å². The zero-order chi connectivity index (χ0) is 15.1. The third-order valence-corrected chi connectivity index (χ3v) is 4.57. The Balaban J connectivity index is 2.42. The monoisotopic (exact) mass is 402 g/mol. The largest absolute Gasteiger partial charge is 0.294 e. The number of benzene rings is 2. The number of alkyl halides is 1. The van der Waals surface area contributed by atoms with E-state index in [4.69, 9.17) is 34.8 Å². The summed E-state index contributed by atoms with van der Waals surface area (Å²) >= 11 is 22.2. The standard InChI is InChI=1S/C15H10BrCl3N2/c1-8(17)15-20-14-11(19)3-2-4-12(14)21(15)13-7-9(18)5-6-10(13)16/h2-8H,1H3. The minimum absolute atomic E-state index is 0.264. The molecule has 1 atom stereocenters. The predicted octanol–water partition coefficient (Wildman–Crippen LogP) is 6.39. The maximum absolute atomic E-state index is 6.30. The highest BCUT2D eigenvalue weighted by molar-refractivity contribution is 9.10. The number of nitrogens with zero attached hydrogens (tertiary/aromatic N) is 2. The molecule has 0 N–H and O–H groups in total. The highest BCUT2D eigenvalue weighted by Crippen LogP contribution is 2.34. The number of rotatable bonds is 2. The van der Waals surface area contributed by atoms with Gasteiger partial charge in [0.15, 0.2) is 0 Å². The van der Waals surface area contributed by atoms with Crippen LogP contribution in [0.4, 0.5) is 0 Å². The van der Waals surface area contributed by atoms with Crippen LogP contribution in [0.15, 0.2) is 40.9 Å². The summed E-state index contributed by atoms with van der Waals surface area (Å²) in [5.41, 5.74) is 2.51. The fraction of sp³-hybridized carbons (Fsp3) is 0.133. The van der Waals surface area contributed by atoms with E-state index in [2.05, 4.69) is 20.9 Å². The van der Waals surface area contributed by atoms with Gasteiger partial charge in [0.25, 0.3) is 0 Å². The van der Waals surface area contributed by atoms with Crippen molar-refractivity contribution in [3.05, 3.63) is 56.7 Å². The van der Waals surface area contributed by atoms with Crippen LogP contribution in [-0.4, -0.2) is 9.55 Å². The van der Waals surface area contributed by atoms with Gasteiger partial charge in [0.2, 0.25) is 0 Å². The molecular formula is C15H10BrCl3N2. The van der Waals surface area contributed by atoms with E-state index in [1.807, 2.05) is 47.9 Å². The van der Waals surface area contributed by atoms with Gasteiger partial charge in [-0.1, -0.05) is 29.3 Å². The summed E-state index contributed by atoms with van der Waals surface area (Å²) in [6.07, 6.45) is 0. The van der Waals surface area contributed by atoms with Gasteiger partial charge in [-0.3, -0.25) is 4.57 Å². The molecule has 0 spiro atoms. The first-order chi connectivity index (χ1) is 9.99. The topological polar surface area (TPSA) is 17.8 Å². The van der Waals surface area contributed by atoms with Crippen LogP contribution in [0.3, 0.4) is 0 Å². The van der Waals surface area contributed by atoms with Crippen molar-refractivity contribution in [1.82, 2.24) is 9.55 Å². The lowest BCUT2D eigenvalue weighted by atomic mass is 10.2. The molecule has 0 saturated heterocycles. The van der Waals surface area contributed by atoms with Gasteiger partial charge in [-0.25, -0.2) is 4.98 Å². The molecule has 0 aliphatic carbocycles. The van der Waals surface area contributed by atoms with Gasteiger partial charge >= 0.3 is 0 Å². The summed E-state index contributed by atoms with van der Waals surface area (Å²) in [6, 6.07) is 11.3. The average molecular weight is 405 g/mol. The lowest BCUT2D eigenvalue weighted by Crippen LogP contribution is -2.02. The van der Waals surface area contributed by atoms with E-state index in [0.717, 1.165) is 27.0 Å². The molecule has 6 heteroatoms. The van der Waals surface area contributed by atoms with Crippen molar-refractivity contribution in [2.45, 2.75) is 12.3 Å². The van der Waals surface area contributed by atoms with Crippen LogP contribution >= 0.6 is 50.7 Å². The Morgan fingerprint density at radius 3 is 2.67 bits per heavy atom. The number of halogens is 4. The van der Waals surface area contributed by atoms with Crippen molar-refractivity contribution < 1.29 is 0 Å². The lowest BCUT2D eigenvalue weighted by Gasteiger charge is -2.13. The van der Waals surface area contributed by atoms with Crippen LogP contribution in [0.25, 0.3) is 16.7 Å². The Labute approximate surface area is 145 Å². The molecule has 0 aliphatic rings. The maximum atomic E-state index is 6.30. The Kier molecular flexibility index (Phi) is 4.19. The van der Waals surface area contributed by atoms with Crippen molar-refractivity contribution in [2.75, 3.05) is 0 Å². The molecule has 3 rings (SSSR count). The zero-order valence-corrected chi connectivity index (χ0v) is 14.8. The van der Waals surface area contributed by atoms with Crippen LogP contribution in [0.5, 0.6) is 0 Å². The van der Waals surface area contributed by atoms with E-state index in [1.165, 1.54) is 0 Å². The van der Waals surface area contributed by atoms with Gasteiger partial charge in [0, 0.05) is 9.50 Å². The SMILES string of the molecule is CC(Cl)c1nc2c(Cl)cccc2n1-c1cc(Cl)ccc1Br. The highest BCUT2D eigenvalue weighted by atomic mass is 79.9. The van der Waals surface area contributed by atoms with Crippen LogP contribution in [0.2, 0.25) is 10.0 Å². The van der Waals surface area contributed by atoms with Crippen LogP contribution < -0.4 is 0 Å². The molecule has 1 unspecified atom stereocenters. The van der Waals surface area contributed by atoms with E-state index in [9.17, 15) is 0 Å². The van der Waals surface area contributed by atoms with E-state index >= 15 is 0 Å². The Bertz CT molecular complexity index is 827. The lowest BCUT2D eigenvalue weighted by molar-refractivity contribution is 0.880. The molecule has 0 radical (unpaired) electrons. The van der Waals surface area contributed by atoms with Gasteiger partial charge in [-0.15, -0.1) is 11.6 Å². The van der Waals surface area contributed by atoms with E-state index < -0.39 is 0 Å². The normalized spacial score (nSPS) is 12.8. The first kappa shape index (κ1) is 15.2. The second kappa shape index (κ2) is 5.81. The van der Waals surface area contributed by atoms with Crippen molar-refractivity contribution in [1.29, 1.82) is 0 Å². The van der Waals surface area contributed by atoms with E-state index in [-0.39, 0.29) is 5.38 Å². The molecule has 0 amide bonds. The summed E-state index contributed by atoms with van der Waals surface area (Å²) in [7, 11) is 0. The third kappa shape index (κ3) is 2.68. The van der Waals surface area contributed by atoms with Crippen molar-refractivity contribution >= 4 is 61.8 Å². The third-order valence-electron chi connectivity index (χ3n) is 3.17. The number of imidazole rings is 1. The molecule has 0 aliphatic heterocycles. The molecule has 108 valence electrons. The second-order valence-electron chi connectivity index (χ2n) is 4.62. The predicted molar refractivity (Wildman–Crippen MR) is 93.1 cm³/mol. The quantitative estimate of drug-likeness (QED) is 0.452. The van der Waals surface area contributed by atoms with Crippen molar-refractivity contribution in [2.24, 2.45) is 0 Å². The van der Waals surface area contributed by atoms with E-state index in [1.54, 1.807) is 0 Å². The molecule has 21 heavy (non-hydrogen) atoms. The number of aromatic nitrogens is 2. The Hall–Kier alpha value is -0.740. The van der Waals surface area contributed by atoms with Crippen LogP contribution in [0.1, 0.15) is 18.1 Å². The van der Waals surface area contributed by atoms with Gasteiger partial charge in [-0.2, -0.15) is 0 Å². The number of para-hydroxylation sites is 1. The molecule has 0 fully saturated rings. The van der Waals surface area contributed by atoms with E-state index in [0.29, 0.717) is 10.0 Å². The molecule has 3 aromatic rings. The van der Waals surface area contributed by atoms with Gasteiger partial charge in [0.1, 0.15) is 11.3 Å². The molecule has 2 nitrogen and oxygen atoms in total.